The summed E-state index contributed by atoms with van der Waals surface area (Å²) in [4.78, 5) is 15.7. The molecule has 0 bridgehead atoms. The number of fused-ring (bicyclic) bond motifs is 1. The smallest absolute Gasteiger partial charge is 0.222 e. The summed E-state index contributed by atoms with van der Waals surface area (Å²) < 4.78 is 27.3. The van der Waals surface area contributed by atoms with Gasteiger partial charge in [-0.3, -0.25) is 9.78 Å². The fourth-order valence-electron chi connectivity index (χ4n) is 2.23. The average Bonchev–Trinajstić information content (AvgIpc) is 2.50. The van der Waals surface area contributed by atoms with E-state index in [1.165, 1.54) is 12.3 Å². The van der Waals surface area contributed by atoms with Gasteiger partial charge in [0.05, 0.1) is 10.5 Å². The van der Waals surface area contributed by atoms with Gasteiger partial charge in [-0.25, -0.2) is 8.78 Å². The van der Waals surface area contributed by atoms with E-state index >= 15 is 0 Å². The van der Waals surface area contributed by atoms with Crippen LogP contribution in [0.1, 0.15) is 10.4 Å². The second kappa shape index (κ2) is 5.89. The topological polar surface area (TPSA) is 30.0 Å². The Kier molecular flexibility index (Phi) is 4.10. The van der Waals surface area contributed by atoms with Crippen molar-refractivity contribution in [2.45, 2.75) is 0 Å². The number of pyridine rings is 1. The van der Waals surface area contributed by atoms with Gasteiger partial charge in [0, 0.05) is 51.4 Å². The van der Waals surface area contributed by atoms with E-state index in [9.17, 15) is 13.6 Å². The lowest BCUT2D eigenvalue weighted by Gasteiger charge is -2.09. The Bertz CT molecular complexity index is 914. The Morgan fingerprint density at radius 2 is 1.82 bits per heavy atom. The van der Waals surface area contributed by atoms with E-state index in [2.05, 4.69) is 4.98 Å². The predicted molar refractivity (Wildman–Crippen MR) is 90.5 cm³/mol. The van der Waals surface area contributed by atoms with Crippen LogP contribution in [0.5, 0.6) is 0 Å². The molecule has 1 heterocycles. The Hall–Kier alpha value is -1.60. The van der Waals surface area contributed by atoms with Crippen molar-refractivity contribution in [2.75, 3.05) is 0 Å². The molecule has 2 nitrogen and oxygen atoms in total. The van der Waals surface area contributed by atoms with Gasteiger partial charge in [0.15, 0.2) is 0 Å². The minimum absolute atomic E-state index is 0.132. The molecular formula is C16H7ClF2INO. The third-order valence-corrected chi connectivity index (χ3v) is 4.18. The number of nitrogens with zero attached hydrogens (tertiary/aromatic N) is 1. The first-order chi connectivity index (χ1) is 10.5. The number of carbonyl (C=O) groups is 1. The van der Waals surface area contributed by atoms with Crippen molar-refractivity contribution in [3.05, 3.63) is 64.8 Å². The highest BCUT2D eigenvalue weighted by molar-refractivity contribution is 14.1. The Morgan fingerprint density at radius 3 is 2.55 bits per heavy atom. The molecule has 3 rings (SSSR count). The minimum atomic E-state index is -0.815. The van der Waals surface area contributed by atoms with Gasteiger partial charge in [-0.15, -0.1) is 0 Å². The van der Waals surface area contributed by atoms with Crippen LogP contribution in [0.3, 0.4) is 0 Å². The quantitative estimate of drug-likeness (QED) is 0.310. The number of halogens is 4. The fourth-order valence-corrected chi connectivity index (χ4v) is 2.73. The van der Waals surface area contributed by atoms with Gasteiger partial charge in [0.25, 0.3) is 0 Å². The Morgan fingerprint density at radius 1 is 1.05 bits per heavy atom. The summed E-state index contributed by atoms with van der Waals surface area (Å²) in [7, 11) is 0. The minimum Gasteiger partial charge on any atom is -0.282 e. The molecule has 0 atom stereocenters. The first-order valence-corrected chi connectivity index (χ1v) is 7.66. The second-order valence-corrected chi connectivity index (χ2v) is 6.00. The molecule has 0 saturated heterocycles. The maximum absolute atomic E-state index is 14.1. The van der Waals surface area contributed by atoms with Crippen molar-refractivity contribution in [3.63, 3.8) is 0 Å². The molecule has 1 aromatic heterocycles. The van der Waals surface area contributed by atoms with Crippen molar-refractivity contribution < 1.29 is 13.6 Å². The van der Waals surface area contributed by atoms with Crippen molar-refractivity contribution in [2.24, 2.45) is 0 Å². The monoisotopic (exact) mass is 429 g/mol. The molecular weight excluding hydrogens is 423 g/mol. The van der Waals surface area contributed by atoms with Gasteiger partial charge in [0.1, 0.15) is 11.6 Å². The lowest BCUT2D eigenvalue weighted by atomic mass is 9.99. The van der Waals surface area contributed by atoms with Crippen LogP contribution >= 0.6 is 34.2 Å². The van der Waals surface area contributed by atoms with Crippen LogP contribution in [0, 0.1) is 11.6 Å². The van der Waals surface area contributed by atoms with Crippen LogP contribution in [-0.2, 0) is 0 Å². The zero-order valence-corrected chi connectivity index (χ0v) is 13.8. The summed E-state index contributed by atoms with van der Waals surface area (Å²) in [5, 5.41) is 0.439. The van der Waals surface area contributed by atoms with Crippen LogP contribution in [0.4, 0.5) is 8.78 Å². The largest absolute Gasteiger partial charge is 0.282 e. The first kappa shape index (κ1) is 15.3. The SMILES string of the molecule is O=C(I)c1ccc2nccc(-c3cc(Cl)c(F)cc3F)c2c1. The fraction of sp³-hybridized carbons (Fsp3) is 0. The summed E-state index contributed by atoms with van der Waals surface area (Å²) in [6.07, 6.45) is 1.53. The van der Waals surface area contributed by atoms with E-state index in [4.69, 9.17) is 11.6 Å². The molecule has 0 unspecified atom stereocenters. The highest BCUT2D eigenvalue weighted by Crippen LogP contribution is 2.33. The third kappa shape index (κ3) is 2.70. The van der Waals surface area contributed by atoms with Gasteiger partial charge in [0.2, 0.25) is 3.79 Å². The second-order valence-electron chi connectivity index (χ2n) is 4.61. The molecule has 0 N–H and O–H groups in total. The van der Waals surface area contributed by atoms with Gasteiger partial charge in [-0.1, -0.05) is 11.6 Å². The maximum atomic E-state index is 14.1. The summed E-state index contributed by atoms with van der Waals surface area (Å²) in [5.74, 6) is -1.54. The zero-order valence-electron chi connectivity index (χ0n) is 10.9. The van der Waals surface area contributed by atoms with Crippen LogP contribution < -0.4 is 0 Å². The summed E-state index contributed by atoms with van der Waals surface area (Å²) >= 11 is 7.44. The maximum Gasteiger partial charge on any atom is 0.222 e. The van der Waals surface area contributed by atoms with E-state index in [1.54, 1.807) is 46.9 Å². The average molecular weight is 430 g/mol. The Labute approximate surface area is 143 Å². The standard InChI is InChI=1S/C16H7ClF2INO/c17-12-6-10(13(18)7-14(12)19)9-3-4-21-15-2-1-8(16(20)22)5-11(9)15/h1-7H. The summed E-state index contributed by atoms with van der Waals surface area (Å²) in [6, 6.07) is 8.58. The third-order valence-electron chi connectivity index (χ3n) is 3.27. The number of hydrogen-bond donors (Lipinski definition) is 0. The zero-order chi connectivity index (χ0) is 15.9. The molecule has 0 radical (unpaired) electrons. The van der Waals surface area contributed by atoms with Crippen molar-refractivity contribution >= 4 is 48.9 Å². The number of carbonyl (C=O) groups excluding carboxylic acids is 1. The summed E-state index contributed by atoms with van der Waals surface area (Å²) in [5.41, 5.74) is 1.76. The van der Waals surface area contributed by atoms with E-state index < -0.39 is 11.6 Å². The molecule has 22 heavy (non-hydrogen) atoms. The molecule has 2 aromatic carbocycles. The van der Waals surface area contributed by atoms with Crippen LogP contribution in [0.25, 0.3) is 22.0 Å². The lowest BCUT2D eigenvalue weighted by Crippen LogP contribution is -1.93. The predicted octanol–water partition coefficient (Wildman–Crippen LogP) is 5.41. The highest BCUT2D eigenvalue weighted by Gasteiger charge is 2.14. The number of rotatable bonds is 2. The molecule has 0 aliphatic carbocycles. The molecule has 3 aromatic rings. The van der Waals surface area contributed by atoms with Crippen LogP contribution in [-0.4, -0.2) is 8.77 Å². The number of hydrogen-bond acceptors (Lipinski definition) is 2. The molecule has 0 saturated carbocycles. The van der Waals surface area contributed by atoms with Gasteiger partial charge < -0.3 is 0 Å². The molecule has 110 valence electrons. The molecule has 0 amide bonds. The van der Waals surface area contributed by atoms with Gasteiger partial charge >= 0.3 is 0 Å². The van der Waals surface area contributed by atoms with Crippen molar-refractivity contribution in [1.82, 2.24) is 4.98 Å². The molecule has 0 spiro atoms. The van der Waals surface area contributed by atoms with E-state index in [0.29, 0.717) is 22.0 Å². The van der Waals surface area contributed by atoms with Crippen molar-refractivity contribution in [1.29, 1.82) is 0 Å². The van der Waals surface area contributed by atoms with Gasteiger partial charge in [-0.2, -0.15) is 0 Å². The molecule has 0 aliphatic heterocycles. The molecule has 0 aliphatic rings. The van der Waals surface area contributed by atoms with E-state index in [0.717, 1.165) is 6.07 Å². The number of benzene rings is 2. The Balaban J connectivity index is 2.33. The van der Waals surface area contributed by atoms with Crippen LogP contribution in [0.15, 0.2) is 42.6 Å². The van der Waals surface area contributed by atoms with Crippen molar-refractivity contribution in [3.8, 4) is 11.1 Å². The lowest BCUT2D eigenvalue weighted by molar-refractivity contribution is 0.110. The van der Waals surface area contributed by atoms with Crippen LogP contribution in [0.2, 0.25) is 5.02 Å². The van der Waals surface area contributed by atoms with E-state index in [-0.39, 0.29) is 14.4 Å². The molecule has 0 fully saturated rings. The first-order valence-electron chi connectivity index (χ1n) is 6.21. The normalized spacial score (nSPS) is 10.9. The van der Waals surface area contributed by atoms with E-state index in [1.807, 2.05) is 0 Å². The van der Waals surface area contributed by atoms with Gasteiger partial charge in [-0.05, 0) is 35.9 Å². The number of aromatic nitrogens is 1. The molecule has 6 heteroatoms. The summed E-state index contributed by atoms with van der Waals surface area (Å²) in [6.45, 7) is 0. The highest BCUT2D eigenvalue weighted by atomic mass is 127.